The summed E-state index contributed by atoms with van der Waals surface area (Å²) in [5.74, 6) is -1.06. The van der Waals surface area contributed by atoms with Gasteiger partial charge in [-0.15, -0.1) is 0 Å². The summed E-state index contributed by atoms with van der Waals surface area (Å²) in [6.07, 6.45) is 0.806. The molecule has 0 aliphatic rings. The van der Waals surface area contributed by atoms with E-state index in [1.165, 1.54) is 6.92 Å². The smallest absolute Gasteiger partial charge is 0.135 e. The molecule has 1 unspecified atom stereocenters. The van der Waals surface area contributed by atoms with Crippen molar-refractivity contribution in [3.05, 3.63) is 0 Å². The van der Waals surface area contributed by atoms with E-state index in [0.29, 0.717) is 12.8 Å². The number of Topliss-reactive ketones (excluding diaryl/α,β-unsaturated/α-hetero) is 1. The van der Waals surface area contributed by atoms with Crippen molar-refractivity contribution in [1.82, 2.24) is 6.15 Å². The van der Waals surface area contributed by atoms with Gasteiger partial charge >= 0.3 is 0 Å². The fourth-order valence-corrected chi connectivity index (χ4v) is 1.44. The summed E-state index contributed by atoms with van der Waals surface area (Å²) in [5, 5.41) is 10.9. The number of carbonyl (C=O) groups excluding carboxylic acids is 2. The molecule has 4 nitrogen and oxygen atoms in total. The zero-order chi connectivity index (χ0) is 11.6. The molecular weight excluding hydrogens is 194 g/mol. The first-order chi connectivity index (χ1) is 6.15. The Morgan fingerprint density at radius 3 is 1.80 bits per heavy atom. The highest BCUT2D eigenvalue weighted by Gasteiger charge is 2.35. The molecule has 0 heterocycles. The molecule has 4 heteroatoms. The largest absolute Gasteiger partial charge is 0.550 e. The van der Waals surface area contributed by atoms with E-state index in [-0.39, 0.29) is 11.9 Å². The van der Waals surface area contributed by atoms with Crippen LogP contribution < -0.4 is 11.3 Å². The van der Waals surface area contributed by atoms with Crippen LogP contribution in [0.25, 0.3) is 0 Å². The first-order valence-electron chi connectivity index (χ1n) is 4.88. The SMILES string of the molecule is CCC(C)(CC(C)(C)C(C)=O)C(=O)[O-].[NH4+]. The molecule has 0 fully saturated rings. The Morgan fingerprint density at radius 2 is 1.60 bits per heavy atom. The Labute approximate surface area is 91.6 Å². The van der Waals surface area contributed by atoms with E-state index in [0.717, 1.165) is 0 Å². The summed E-state index contributed by atoms with van der Waals surface area (Å²) >= 11 is 0. The van der Waals surface area contributed by atoms with Crippen LogP contribution in [0.5, 0.6) is 0 Å². The van der Waals surface area contributed by atoms with E-state index in [1.54, 1.807) is 27.7 Å². The lowest BCUT2D eigenvalue weighted by atomic mass is 9.71. The number of rotatable bonds is 5. The van der Waals surface area contributed by atoms with Gasteiger partial charge in [0.1, 0.15) is 5.78 Å². The first-order valence-corrected chi connectivity index (χ1v) is 4.88. The van der Waals surface area contributed by atoms with Gasteiger partial charge in [0.15, 0.2) is 0 Å². The minimum Gasteiger partial charge on any atom is -0.550 e. The van der Waals surface area contributed by atoms with E-state index >= 15 is 0 Å². The summed E-state index contributed by atoms with van der Waals surface area (Å²) in [6.45, 7) is 8.46. The molecule has 15 heavy (non-hydrogen) atoms. The Morgan fingerprint density at radius 1 is 1.20 bits per heavy atom. The van der Waals surface area contributed by atoms with Crippen molar-refractivity contribution < 1.29 is 14.7 Å². The second-order valence-electron chi connectivity index (χ2n) is 4.82. The molecule has 0 amide bonds. The third kappa shape index (κ3) is 4.00. The monoisotopic (exact) mass is 217 g/mol. The fraction of sp³-hybridized carbons (Fsp3) is 0.818. The topological polar surface area (TPSA) is 93.7 Å². The molecule has 0 saturated carbocycles. The van der Waals surface area contributed by atoms with Gasteiger partial charge in [-0.05, 0) is 19.8 Å². The van der Waals surface area contributed by atoms with Gasteiger partial charge in [-0.1, -0.05) is 27.7 Å². The Kier molecular flexibility index (Phi) is 5.79. The van der Waals surface area contributed by atoms with Crippen LogP contribution in [-0.4, -0.2) is 11.8 Å². The average Bonchev–Trinajstić information content (AvgIpc) is 2.02. The molecule has 0 radical (unpaired) electrons. The average molecular weight is 217 g/mol. The molecule has 4 N–H and O–H groups in total. The molecule has 0 aromatic rings. The highest BCUT2D eigenvalue weighted by Crippen LogP contribution is 2.36. The molecule has 0 rings (SSSR count). The zero-order valence-electron chi connectivity index (χ0n) is 10.6. The third-order valence-electron chi connectivity index (χ3n) is 3.06. The van der Waals surface area contributed by atoms with Crippen molar-refractivity contribution in [2.24, 2.45) is 10.8 Å². The van der Waals surface area contributed by atoms with Gasteiger partial charge in [0, 0.05) is 16.8 Å². The van der Waals surface area contributed by atoms with Gasteiger partial charge in [-0.3, -0.25) is 4.79 Å². The number of carboxylic acid groups (broad SMARTS) is 1. The number of aliphatic carboxylic acids is 1. The minimum absolute atomic E-state index is 0. The molecular formula is C11H23NO3. The second-order valence-corrected chi connectivity index (χ2v) is 4.82. The summed E-state index contributed by atoms with van der Waals surface area (Å²) in [6, 6.07) is 0. The highest BCUT2D eigenvalue weighted by molar-refractivity contribution is 5.82. The van der Waals surface area contributed by atoms with Gasteiger partial charge < -0.3 is 16.1 Å². The maximum absolute atomic E-state index is 11.3. The molecule has 0 saturated heterocycles. The van der Waals surface area contributed by atoms with Gasteiger partial charge in [0.05, 0.1) is 0 Å². The Bertz CT molecular complexity index is 248. The third-order valence-corrected chi connectivity index (χ3v) is 3.06. The van der Waals surface area contributed by atoms with Crippen LogP contribution in [0, 0.1) is 10.8 Å². The number of hydrogen-bond donors (Lipinski definition) is 1. The second kappa shape index (κ2) is 5.26. The van der Waals surface area contributed by atoms with E-state index in [1.807, 2.05) is 0 Å². The molecule has 0 aromatic carbocycles. The minimum atomic E-state index is -1.07. The normalized spacial score (nSPS) is 15.0. The van der Waals surface area contributed by atoms with Crippen molar-refractivity contribution in [2.75, 3.05) is 0 Å². The van der Waals surface area contributed by atoms with Crippen LogP contribution in [-0.2, 0) is 9.59 Å². The van der Waals surface area contributed by atoms with Crippen molar-refractivity contribution in [3.8, 4) is 0 Å². The van der Waals surface area contributed by atoms with Crippen LogP contribution in [0.15, 0.2) is 0 Å². The van der Waals surface area contributed by atoms with E-state index in [4.69, 9.17) is 0 Å². The van der Waals surface area contributed by atoms with Gasteiger partial charge in [-0.2, -0.15) is 0 Å². The molecule has 1 atom stereocenters. The number of carbonyl (C=O) groups is 2. The molecule has 0 bridgehead atoms. The number of carboxylic acids is 1. The van der Waals surface area contributed by atoms with Gasteiger partial charge in [-0.25, -0.2) is 0 Å². The zero-order valence-corrected chi connectivity index (χ0v) is 10.6. The van der Waals surface area contributed by atoms with E-state index in [2.05, 4.69) is 0 Å². The molecule has 90 valence electrons. The number of ketones is 1. The van der Waals surface area contributed by atoms with Crippen molar-refractivity contribution in [2.45, 2.75) is 47.5 Å². The van der Waals surface area contributed by atoms with Crippen LogP contribution >= 0.6 is 0 Å². The molecule has 0 spiro atoms. The fourth-order valence-electron chi connectivity index (χ4n) is 1.44. The summed E-state index contributed by atoms with van der Waals surface area (Å²) in [4.78, 5) is 22.2. The summed E-state index contributed by atoms with van der Waals surface area (Å²) < 4.78 is 0. The molecule has 0 aromatic heterocycles. The van der Waals surface area contributed by atoms with E-state index < -0.39 is 16.8 Å². The maximum Gasteiger partial charge on any atom is 0.135 e. The standard InChI is InChI=1S/C11H20O3.H3N/c1-6-11(5,9(13)14)7-10(3,4)8(2)12;/h6-7H2,1-5H3,(H,13,14);1H3. The summed E-state index contributed by atoms with van der Waals surface area (Å²) in [5.41, 5.74) is -1.50. The quantitative estimate of drug-likeness (QED) is 0.756. The lowest BCUT2D eigenvalue weighted by Crippen LogP contribution is -2.43. The highest BCUT2D eigenvalue weighted by atomic mass is 16.4. The van der Waals surface area contributed by atoms with Crippen LogP contribution in [0.3, 0.4) is 0 Å². The van der Waals surface area contributed by atoms with Gasteiger partial charge in [0.2, 0.25) is 0 Å². The Hall–Kier alpha value is -0.900. The van der Waals surface area contributed by atoms with Crippen molar-refractivity contribution >= 4 is 11.8 Å². The lowest BCUT2D eigenvalue weighted by molar-refractivity contribution is -0.319. The van der Waals surface area contributed by atoms with Crippen LogP contribution in [0.2, 0.25) is 0 Å². The van der Waals surface area contributed by atoms with Crippen LogP contribution in [0.4, 0.5) is 0 Å². The summed E-state index contributed by atoms with van der Waals surface area (Å²) in [7, 11) is 0. The predicted molar refractivity (Wildman–Crippen MR) is 58.5 cm³/mol. The predicted octanol–water partition coefficient (Wildman–Crippen LogP) is 1.53. The Balaban J connectivity index is 0. The first kappa shape index (κ1) is 16.5. The number of quaternary nitrogens is 1. The molecule has 0 aliphatic heterocycles. The maximum atomic E-state index is 11.3. The van der Waals surface area contributed by atoms with Crippen molar-refractivity contribution in [1.29, 1.82) is 0 Å². The van der Waals surface area contributed by atoms with Crippen LogP contribution in [0.1, 0.15) is 47.5 Å². The van der Waals surface area contributed by atoms with Crippen molar-refractivity contribution in [3.63, 3.8) is 0 Å². The van der Waals surface area contributed by atoms with E-state index in [9.17, 15) is 14.7 Å². The number of hydrogen-bond acceptors (Lipinski definition) is 3. The van der Waals surface area contributed by atoms with Gasteiger partial charge in [0.25, 0.3) is 0 Å². The molecule has 0 aliphatic carbocycles. The lowest BCUT2D eigenvalue weighted by Gasteiger charge is -2.36.